The first-order valence-corrected chi connectivity index (χ1v) is 6.62. The lowest BCUT2D eigenvalue weighted by Gasteiger charge is -2.11. The van der Waals surface area contributed by atoms with Crippen molar-refractivity contribution in [1.82, 2.24) is 5.32 Å². The number of carbonyl (C=O) groups is 2. The molecule has 2 rings (SSSR count). The van der Waals surface area contributed by atoms with E-state index in [0.29, 0.717) is 28.8 Å². The number of carbonyl (C=O) groups excluding carboxylic acids is 1. The highest BCUT2D eigenvalue weighted by atomic mass is 35.5. The van der Waals surface area contributed by atoms with Crippen LogP contribution in [0.25, 0.3) is 11.0 Å². The fourth-order valence-corrected chi connectivity index (χ4v) is 2.08. The summed E-state index contributed by atoms with van der Waals surface area (Å²) in [5, 5.41) is 12.7. The van der Waals surface area contributed by atoms with E-state index in [-0.39, 0.29) is 5.76 Å². The van der Waals surface area contributed by atoms with Crippen molar-refractivity contribution in [2.45, 2.75) is 25.8 Å². The van der Waals surface area contributed by atoms with Crippen molar-refractivity contribution < 1.29 is 19.1 Å². The number of aliphatic carboxylic acids is 1. The second-order valence-corrected chi connectivity index (χ2v) is 4.88. The van der Waals surface area contributed by atoms with Crippen LogP contribution in [-0.4, -0.2) is 23.0 Å². The maximum Gasteiger partial charge on any atom is 0.326 e. The summed E-state index contributed by atoms with van der Waals surface area (Å²) >= 11 is 5.85. The van der Waals surface area contributed by atoms with Gasteiger partial charge in [-0.25, -0.2) is 4.79 Å². The summed E-state index contributed by atoms with van der Waals surface area (Å²) in [4.78, 5) is 23.0. The molecule has 0 fully saturated rings. The molecule has 1 aromatic heterocycles. The van der Waals surface area contributed by atoms with Gasteiger partial charge in [0.15, 0.2) is 5.76 Å². The number of rotatable bonds is 5. The van der Waals surface area contributed by atoms with Gasteiger partial charge in [0.2, 0.25) is 0 Å². The molecule has 1 heterocycles. The molecule has 0 radical (unpaired) electrons. The molecule has 0 aliphatic heterocycles. The standard InChI is InChI=1S/C14H14ClNO4/c1-2-3-10(14(18)19)16-13(17)12-7-8-6-9(15)4-5-11(8)20-12/h4-7,10H,2-3H2,1H3,(H,16,17)(H,18,19). The normalized spacial score (nSPS) is 12.3. The molecule has 0 aliphatic carbocycles. The van der Waals surface area contributed by atoms with Crippen molar-refractivity contribution in [3.05, 3.63) is 35.0 Å². The van der Waals surface area contributed by atoms with Gasteiger partial charge >= 0.3 is 5.97 Å². The van der Waals surface area contributed by atoms with Crippen molar-refractivity contribution in [3.63, 3.8) is 0 Å². The van der Waals surface area contributed by atoms with Gasteiger partial charge in [0.1, 0.15) is 11.6 Å². The third-order valence-electron chi connectivity index (χ3n) is 2.88. The zero-order valence-electron chi connectivity index (χ0n) is 10.9. The molecular formula is C14H14ClNO4. The third kappa shape index (κ3) is 3.11. The van der Waals surface area contributed by atoms with E-state index in [2.05, 4.69) is 5.32 Å². The summed E-state index contributed by atoms with van der Waals surface area (Å²) in [6.45, 7) is 1.85. The first-order valence-electron chi connectivity index (χ1n) is 6.24. The Balaban J connectivity index is 2.20. The predicted octanol–water partition coefficient (Wildman–Crippen LogP) is 3.07. The minimum Gasteiger partial charge on any atom is -0.480 e. The molecule has 0 saturated heterocycles. The fraction of sp³-hybridized carbons (Fsp3) is 0.286. The number of amides is 1. The molecule has 0 aliphatic rings. The Kier molecular flexibility index (Phi) is 4.29. The Bertz CT molecular complexity index is 650. The minimum atomic E-state index is -1.06. The van der Waals surface area contributed by atoms with Gasteiger partial charge in [0.25, 0.3) is 5.91 Å². The van der Waals surface area contributed by atoms with Crippen LogP contribution in [0.3, 0.4) is 0 Å². The smallest absolute Gasteiger partial charge is 0.326 e. The van der Waals surface area contributed by atoms with E-state index in [1.165, 1.54) is 0 Å². The Morgan fingerprint density at radius 3 is 2.80 bits per heavy atom. The van der Waals surface area contributed by atoms with Crippen LogP contribution in [0.4, 0.5) is 0 Å². The molecule has 0 saturated carbocycles. The molecule has 2 aromatic rings. The number of benzene rings is 1. The van der Waals surface area contributed by atoms with Crippen LogP contribution in [0.5, 0.6) is 0 Å². The van der Waals surface area contributed by atoms with Gasteiger partial charge in [-0.05, 0) is 30.7 Å². The maximum atomic E-state index is 12.0. The number of halogens is 1. The zero-order chi connectivity index (χ0) is 14.7. The lowest BCUT2D eigenvalue weighted by atomic mass is 10.1. The summed E-state index contributed by atoms with van der Waals surface area (Å²) in [6.07, 6.45) is 1.03. The number of carboxylic acids is 1. The summed E-state index contributed by atoms with van der Waals surface area (Å²) in [5.74, 6) is -1.53. The summed E-state index contributed by atoms with van der Waals surface area (Å²) in [7, 11) is 0. The number of hydrogen-bond donors (Lipinski definition) is 2. The van der Waals surface area contributed by atoms with Crippen molar-refractivity contribution in [1.29, 1.82) is 0 Å². The zero-order valence-corrected chi connectivity index (χ0v) is 11.6. The van der Waals surface area contributed by atoms with Gasteiger partial charge < -0.3 is 14.8 Å². The van der Waals surface area contributed by atoms with Crippen molar-refractivity contribution in [2.24, 2.45) is 0 Å². The number of furan rings is 1. The second-order valence-electron chi connectivity index (χ2n) is 4.45. The van der Waals surface area contributed by atoms with Gasteiger partial charge in [0, 0.05) is 10.4 Å². The van der Waals surface area contributed by atoms with E-state index in [1.54, 1.807) is 24.3 Å². The van der Waals surface area contributed by atoms with Crippen molar-refractivity contribution >= 4 is 34.4 Å². The van der Waals surface area contributed by atoms with Crippen LogP contribution in [0.2, 0.25) is 5.02 Å². The Morgan fingerprint density at radius 2 is 2.15 bits per heavy atom. The van der Waals surface area contributed by atoms with E-state index in [0.717, 1.165) is 0 Å². The molecule has 20 heavy (non-hydrogen) atoms. The first-order chi connectivity index (χ1) is 9.51. The molecule has 5 nitrogen and oxygen atoms in total. The highest BCUT2D eigenvalue weighted by Crippen LogP contribution is 2.23. The van der Waals surface area contributed by atoms with Gasteiger partial charge in [-0.1, -0.05) is 24.9 Å². The highest BCUT2D eigenvalue weighted by Gasteiger charge is 2.21. The van der Waals surface area contributed by atoms with Crippen LogP contribution in [0.1, 0.15) is 30.3 Å². The van der Waals surface area contributed by atoms with Crippen molar-refractivity contribution in [3.8, 4) is 0 Å². The molecule has 6 heteroatoms. The molecule has 1 atom stereocenters. The molecule has 0 bridgehead atoms. The van der Waals surface area contributed by atoms with E-state index in [9.17, 15) is 9.59 Å². The third-order valence-corrected chi connectivity index (χ3v) is 3.12. The maximum absolute atomic E-state index is 12.0. The van der Waals surface area contributed by atoms with Crippen LogP contribution in [-0.2, 0) is 4.79 Å². The molecule has 1 aromatic carbocycles. The van der Waals surface area contributed by atoms with E-state index >= 15 is 0 Å². The number of carboxylic acid groups (broad SMARTS) is 1. The lowest BCUT2D eigenvalue weighted by molar-refractivity contribution is -0.139. The van der Waals surface area contributed by atoms with E-state index in [1.807, 2.05) is 6.92 Å². The average Bonchev–Trinajstić information content (AvgIpc) is 2.80. The van der Waals surface area contributed by atoms with Gasteiger partial charge in [-0.3, -0.25) is 4.79 Å². The molecule has 1 unspecified atom stereocenters. The fourth-order valence-electron chi connectivity index (χ4n) is 1.90. The monoisotopic (exact) mass is 295 g/mol. The van der Waals surface area contributed by atoms with Gasteiger partial charge in [-0.2, -0.15) is 0 Å². The number of hydrogen-bond acceptors (Lipinski definition) is 3. The van der Waals surface area contributed by atoms with Gasteiger partial charge in [-0.15, -0.1) is 0 Å². The van der Waals surface area contributed by atoms with Crippen LogP contribution >= 0.6 is 11.6 Å². The number of nitrogens with one attached hydrogen (secondary N) is 1. The summed E-state index contributed by atoms with van der Waals surface area (Å²) in [5.41, 5.74) is 0.530. The Labute approximate surface area is 120 Å². The van der Waals surface area contributed by atoms with E-state index in [4.69, 9.17) is 21.1 Å². The molecular weight excluding hydrogens is 282 g/mol. The molecule has 2 N–H and O–H groups in total. The Morgan fingerprint density at radius 1 is 1.40 bits per heavy atom. The SMILES string of the molecule is CCCC(NC(=O)c1cc2cc(Cl)ccc2o1)C(=O)O. The molecule has 1 amide bonds. The summed E-state index contributed by atoms with van der Waals surface area (Å²) < 4.78 is 5.38. The minimum absolute atomic E-state index is 0.0737. The topological polar surface area (TPSA) is 79.5 Å². The van der Waals surface area contributed by atoms with Crippen molar-refractivity contribution in [2.75, 3.05) is 0 Å². The first kappa shape index (κ1) is 14.4. The van der Waals surface area contributed by atoms with Crippen LogP contribution in [0, 0.1) is 0 Å². The highest BCUT2D eigenvalue weighted by molar-refractivity contribution is 6.31. The largest absolute Gasteiger partial charge is 0.480 e. The second kappa shape index (κ2) is 5.96. The van der Waals surface area contributed by atoms with Crippen LogP contribution in [0.15, 0.2) is 28.7 Å². The predicted molar refractivity (Wildman–Crippen MR) is 75.0 cm³/mol. The average molecular weight is 296 g/mol. The summed E-state index contributed by atoms with van der Waals surface area (Å²) in [6, 6.07) is 5.63. The molecule has 106 valence electrons. The number of fused-ring (bicyclic) bond motifs is 1. The lowest BCUT2D eigenvalue weighted by Crippen LogP contribution is -2.40. The molecule has 0 spiro atoms. The van der Waals surface area contributed by atoms with E-state index < -0.39 is 17.9 Å². The van der Waals surface area contributed by atoms with Crippen LogP contribution < -0.4 is 5.32 Å². The quantitative estimate of drug-likeness (QED) is 0.888. The van der Waals surface area contributed by atoms with Gasteiger partial charge in [0.05, 0.1) is 0 Å². The Hall–Kier alpha value is -2.01.